The number of hydrogen-bond acceptors (Lipinski definition) is 5. The van der Waals surface area contributed by atoms with Crippen LogP contribution in [-0.4, -0.2) is 37.8 Å². The maximum Gasteiger partial charge on any atom is 0.262 e. The predicted octanol–water partition coefficient (Wildman–Crippen LogP) is 4.50. The van der Waals surface area contributed by atoms with Crippen molar-refractivity contribution in [3.8, 4) is 11.5 Å². The molecule has 0 aliphatic carbocycles. The zero-order valence-corrected chi connectivity index (χ0v) is 21.3. The average Bonchev–Trinajstić information content (AvgIpc) is 2.78. The smallest absolute Gasteiger partial charge is 0.262 e. The van der Waals surface area contributed by atoms with Crippen molar-refractivity contribution in [2.24, 2.45) is 11.0 Å². The maximum absolute atomic E-state index is 12.8. The Kier molecular flexibility index (Phi) is 10.1. The van der Waals surface area contributed by atoms with Crippen molar-refractivity contribution < 1.29 is 19.1 Å². The molecule has 0 saturated carbocycles. The van der Waals surface area contributed by atoms with Crippen LogP contribution in [0.15, 0.2) is 41.5 Å². The Balaban J connectivity index is 2.03. The molecule has 0 aromatic heterocycles. The lowest BCUT2D eigenvalue weighted by molar-refractivity contribution is -0.130. The van der Waals surface area contributed by atoms with Gasteiger partial charge in [0.25, 0.3) is 11.8 Å². The van der Waals surface area contributed by atoms with E-state index in [0.717, 1.165) is 28.0 Å². The van der Waals surface area contributed by atoms with Gasteiger partial charge in [-0.05, 0) is 72.6 Å². The van der Waals surface area contributed by atoms with E-state index in [4.69, 9.17) is 9.47 Å². The molecule has 0 radical (unpaired) electrons. The fourth-order valence-electron chi connectivity index (χ4n) is 3.53. The lowest BCUT2D eigenvalue weighted by atomic mass is 9.97. The van der Waals surface area contributed by atoms with Crippen molar-refractivity contribution in [3.63, 3.8) is 0 Å². The Morgan fingerprint density at radius 3 is 2.35 bits per heavy atom. The molecule has 0 heterocycles. The van der Waals surface area contributed by atoms with Crippen LogP contribution in [0, 0.1) is 19.8 Å². The molecule has 2 amide bonds. The summed E-state index contributed by atoms with van der Waals surface area (Å²) in [6, 6.07) is 10.7. The normalized spacial score (nSPS) is 12.1. The zero-order chi connectivity index (χ0) is 25.3. The molecule has 184 valence electrons. The highest BCUT2D eigenvalue weighted by atomic mass is 16.5. The minimum absolute atomic E-state index is 0.168. The van der Waals surface area contributed by atoms with Crippen molar-refractivity contribution >= 4 is 18.0 Å². The molecule has 2 N–H and O–H groups in total. The van der Waals surface area contributed by atoms with E-state index < -0.39 is 6.04 Å². The number of ether oxygens (including phenoxy) is 2. The van der Waals surface area contributed by atoms with Crippen LogP contribution in [0.2, 0.25) is 0 Å². The van der Waals surface area contributed by atoms with Gasteiger partial charge in [-0.3, -0.25) is 9.59 Å². The lowest BCUT2D eigenvalue weighted by Crippen LogP contribution is -2.47. The van der Waals surface area contributed by atoms with Gasteiger partial charge in [0.15, 0.2) is 6.61 Å². The summed E-state index contributed by atoms with van der Waals surface area (Å²) in [6.07, 6.45) is 2.10. The highest BCUT2D eigenvalue weighted by Crippen LogP contribution is 2.29. The molecule has 0 aliphatic rings. The van der Waals surface area contributed by atoms with Crippen LogP contribution >= 0.6 is 0 Å². The van der Waals surface area contributed by atoms with E-state index in [-0.39, 0.29) is 30.3 Å². The van der Waals surface area contributed by atoms with Gasteiger partial charge in [-0.1, -0.05) is 45.9 Å². The van der Waals surface area contributed by atoms with Crippen LogP contribution in [0.25, 0.3) is 0 Å². The maximum atomic E-state index is 12.8. The number of hydrogen-bond donors (Lipinski definition) is 2. The van der Waals surface area contributed by atoms with Crippen LogP contribution in [0.5, 0.6) is 11.5 Å². The fraction of sp³-hybridized carbons (Fsp3) is 0.444. The van der Waals surface area contributed by atoms with Crippen molar-refractivity contribution in [2.75, 3.05) is 13.7 Å². The highest BCUT2D eigenvalue weighted by Gasteiger charge is 2.22. The monoisotopic (exact) mass is 467 g/mol. The molecule has 0 unspecified atom stereocenters. The van der Waals surface area contributed by atoms with Crippen LogP contribution in [-0.2, 0) is 9.59 Å². The van der Waals surface area contributed by atoms with Gasteiger partial charge in [-0.15, -0.1) is 0 Å². The van der Waals surface area contributed by atoms with Crippen molar-refractivity contribution in [3.05, 3.63) is 58.7 Å². The molecule has 7 heteroatoms. The average molecular weight is 468 g/mol. The Morgan fingerprint density at radius 1 is 1.03 bits per heavy atom. The van der Waals surface area contributed by atoms with Gasteiger partial charge in [-0.25, -0.2) is 5.43 Å². The van der Waals surface area contributed by atoms with E-state index in [1.807, 2.05) is 64.1 Å². The largest absolute Gasteiger partial charge is 0.496 e. The van der Waals surface area contributed by atoms with Gasteiger partial charge < -0.3 is 14.8 Å². The summed E-state index contributed by atoms with van der Waals surface area (Å²) >= 11 is 0. The third-order valence-electron chi connectivity index (χ3n) is 5.43. The van der Waals surface area contributed by atoms with Gasteiger partial charge in [0.1, 0.15) is 17.5 Å². The summed E-state index contributed by atoms with van der Waals surface area (Å²) in [5, 5.41) is 6.92. The molecule has 0 bridgehead atoms. The van der Waals surface area contributed by atoms with Gasteiger partial charge in [0, 0.05) is 0 Å². The number of rotatable bonds is 11. The predicted molar refractivity (Wildman–Crippen MR) is 136 cm³/mol. The number of hydrazone groups is 1. The second-order valence-corrected chi connectivity index (χ2v) is 9.14. The minimum Gasteiger partial charge on any atom is -0.496 e. The molecule has 0 fully saturated rings. The number of methoxy groups -OCH3 is 1. The topological polar surface area (TPSA) is 89.0 Å². The van der Waals surface area contributed by atoms with Crippen LogP contribution in [0.3, 0.4) is 0 Å². The first-order chi connectivity index (χ1) is 16.1. The molecular formula is C27H37N3O4. The molecular weight excluding hydrogens is 430 g/mol. The molecule has 1 atom stereocenters. The molecule has 2 aromatic carbocycles. The number of nitrogens with one attached hydrogen (secondary N) is 2. The Hall–Kier alpha value is -3.35. The molecule has 0 aliphatic heterocycles. The fourth-order valence-corrected chi connectivity index (χ4v) is 3.53. The van der Waals surface area contributed by atoms with Crippen molar-refractivity contribution in [2.45, 2.75) is 59.9 Å². The summed E-state index contributed by atoms with van der Waals surface area (Å²) < 4.78 is 11.1. The quantitative estimate of drug-likeness (QED) is 0.376. The van der Waals surface area contributed by atoms with E-state index in [1.54, 1.807) is 13.3 Å². The number of carbonyl (C=O) groups is 2. The van der Waals surface area contributed by atoms with E-state index >= 15 is 0 Å². The summed E-state index contributed by atoms with van der Waals surface area (Å²) in [5.74, 6) is 1.23. The highest BCUT2D eigenvalue weighted by molar-refractivity contribution is 5.89. The lowest BCUT2D eigenvalue weighted by Gasteiger charge is -2.19. The first kappa shape index (κ1) is 26.9. The number of carbonyl (C=O) groups excluding carboxylic acids is 2. The molecule has 34 heavy (non-hydrogen) atoms. The second-order valence-electron chi connectivity index (χ2n) is 9.14. The van der Waals surface area contributed by atoms with E-state index in [0.29, 0.717) is 12.2 Å². The molecule has 0 saturated heterocycles. The third kappa shape index (κ3) is 7.90. The van der Waals surface area contributed by atoms with E-state index in [1.165, 1.54) is 0 Å². The number of benzene rings is 2. The van der Waals surface area contributed by atoms with Gasteiger partial charge in [0.05, 0.1) is 13.3 Å². The number of nitrogens with zero attached hydrogens (tertiary/aromatic N) is 1. The first-order valence-corrected chi connectivity index (χ1v) is 11.6. The van der Waals surface area contributed by atoms with Gasteiger partial charge in [-0.2, -0.15) is 5.10 Å². The summed E-state index contributed by atoms with van der Waals surface area (Å²) in [4.78, 5) is 25.3. The van der Waals surface area contributed by atoms with Crippen LogP contribution in [0.1, 0.15) is 62.3 Å². The molecule has 2 aromatic rings. The number of amides is 2. The van der Waals surface area contributed by atoms with Crippen molar-refractivity contribution in [1.29, 1.82) is 0 Å². The minimum atomic E-state index is -0.715. The Labute approximate surface area is 202 Å². The van der Waals surface area contributed by atoms with Gasteiger partial charge in [0.2, 0.25) is 0 Å². The second kappa shape index (κ2) is 12.8. The van der Waals surface area contributed by atoms with Gasteiger partial charge >= 0.3 is 0 Å². The van der Waals surface area contributed by atoms with Crippen molar-refractivity contribution in [1.82, 2.24) is 10.7 Å². The van der Waals surface area contributed by atoms with E-state index in [9.17, 15) is 9.59 Å². The first-order valence-electron chi connectivity index (χ1n) is 11.6. The zero-order valence-electron chi connectivity index (χ0n) is 21.3. The number of aryl methyl sites for hydroxylation is 2. The summed E-state index contributed by atoms with van der Waals surface area (Å²) in [5.41, 5.74) is 6.46. The summed E-state index contributed by atoms with van der Waals surface area (Å²) in [6.45, 7) is 11.9. The van der Waals surface area contributed by atoms with E-state index in [2.05, 4.69) is 29.7 Å². The molecule has 7 nitrogen and oxygen atoms in total. The van der Waals surface area contributed by atoms with Crippen LogP contribution < -0.4 is 20.2 Å². The molecule has 0 spiro atoms. The number of para-hydroxylation sites is 1. The third-order valence-corrected chi connectivity index (χ3v) is 5.43. The Bertz CT molecular complexity index is 1010. The SMILES string of the molecule is COc1cc(C)c(/C=N\NC(=O)[C@H](CC(C)C)NC(=O)COc2ccccc2C)cc1C(C)C. The summed E-state index contributed by atoms with van der Waals surface area (Å²) in [7, 11) is 1.66. The standard InChI is InChI=1S/C27H37N3O4/c1-17(2)12-23(29-26(31)16-34-24-11-9-8-10-19(24)5)27(32)30-28-15-21-14-22(18(3)4)25(33-7)13-20(21)6/h8-11,13-15,17-18,23H,12,16H2,1-7H3,(H,29,31)(H,30,32)/b28-15-/t23-/m0/s1. The Morgan fingerprint density at radius 2 is 1.74 bits per heavy atom. The van der Waals surface area contributed by atoms with Crippen LogP contribution in [0.4, 0.5) is 0 Å². The molecule has 2 rings (SSSR count).